The highest BCUT2D eigenvalue weighted by atomic mass is 32.1. The van der Waals surface area contributed by atoms with Gasteiger partial charge in [0.05, 0.1) is 40.4 Å². The Morgan fingerprint density at radius 2 is 1.86 bits per heavy atom. The molecule has 0 unspecified atom stereocenters. The second-order valence-electron chi connectivity index (χ2n) is 7.64. The highest BCUT2D eigenvalue weighted by molar-refractivity contribution is 7.17. The van der Waals surface area contributed by atoms with Gasteiger partial charge in [0.25, 0.3) is 5.91 Å². The smallest absolute Gasteiger partial charge is 0.264 e. The number of aliphatic hydroxyl groups excluding tert-OH is 2. The van der Waals surface area contributed by atoms with Crippen molar-refractivity contribution >= 4 is 34.2 Å². The Bertz CT molecular complexity index is 1030. The van der Waals surface area contributed by atoms with Gasteiger partial charge in [-0.2, -0.15) is 0 Å². The molecule has 154 valence electrons. The van der Waals surface area contributed by atoms with Crippen LogP contribution in [0.2, 0.25) is 0 Å². The molecule has 3 aromatic heterocycles. The predicted octanol–water partition coefficient (Wildman–Crippen LogP) is 2.34. The topological polar surface area (TPSA) is 119 Å². The second kappa shape index (κ2) is 8.40. The summed E-state index contributed by atoms with van der Waals surface area (Å²) in [7, 11) is 0. The Morgan fingerprint density at radius 1 is 1.17 bits per heavy atom. The van der Waals surface area contributed by atoms with Gasteiger partial charge in [-0.05, 0) is 12.1 Å². The number of ketones is 1. The van der Waals surface area contributed by atoms with Gasteiger partial charge >= 0.3 is 0 Å². The Hall–Kier alpha value is -2.62. The SMILES string of the molecule is CC(C)(C)C(=O)c1c[nH]c2ncc(-c3ccc(C(=O)N(CCO)CCO)s3)nc12. The van der Waals surface area contributed by atoms with E-state index in [-0.39, 0.29) is 38.0 Å². The van der Waals surface area contributed by atoms with Gasteiger partial charge in [-0.25, -0.2) is 9.97 Å². The van der Waals surface area contributed by atoms with Crippen LogP contribution in [0, 0.1) is 5.41 Å². The van der Waals surface area contributed by atoms with Crippen LogP contribution in [0.4, 0.5) is 0 Å². The lowest BCUT2D eigenvalue weighted by Gasteiger charge is -2.19. The van der Waals surface area contributed by atoms with Gasteiger partial charge in [0.1, 0.15) is 5.52 Å². The number of H-pyrrole nitrogens is 1. The lowest BCUT2D eigenvalue weighted by Crippen LogP contribution is -2.35. The molecule has 3 N–H and O–H groups in total. The molecule has 29 heavy (non-hydrogen) atoms. The standard InChI is InChI=1S/C20H24N4O4S/c1-20(2,3)17(27)12-10-21-18-16(12)23-13(11-22-18)14-4-5-15(29-14)19(28)24(6-8-25)7-9-26/h4-5,10-11,25-26H,6-9H2,1-3H3,(H,21,22). The Morgan fingerprint density at radius 3 is 2.48 bits per heavy atom. The van der Waals surface area contributed by atoms with E-state index in [4.69, 9.17) is 10.2 Å². The lowest BCUT2D eigenvalue weighted by molar-refractivity contribution is 0.0689. The van der Waals surface area contributed by atoms with Crippen molar-refractivity contribution in [2.24, 2.45) is 5.41 Å². The normalized spacial score (nSPS) is 11.8. The first-order chi connectivity index (χ1) is 13.8. The molecular weight excluding hydrogens is 392 g/mol. The lowest BCUT2D eigenvalue weighted by atomic mass is 9.87. The van der Waals surface area contributed by atoms with Gasteiger partial charge < -0.3 is 20.1 Å². The number of nitrogens with one attached hydrogen (secondary N) is 1. The van der Waals surface area contributed by atoms with Crippen LogP contribution in [0.5, 0.6) is 0 Å². The van der Waals surface area contributed by atoms with Gasteiger partial charge in [0.2, 0.25) is 0 Å². The second-order valence-corrected chi connectivity index (χ2v) is 8.72. The average Bonchev–Trinajstić information content (AvgIpc) is 3.32. The summed E-state index contributed by atoms with van der Waals surface area (Å²) in [5.41, 5.74) is 1.56. The fourth-order valence-electron chi connectivity index (χ4n) is 2.89. The molecule has 0 bridgehead atoms. The summed E-state index contributed by atoms with van der Waals surface area (Å²) in [6.07, 6.45) is 3.23. The van der Waals surface area contributed by atoms with Crippen molar-refractivity contribution in [1.29, 1.82) is 0 Å². The van der Waals surface area contributed by atoms with Crippen molar-refractivity contribution in [3.05, 3.63) is 35.0 Å². The molecule has 0 aliphatic carbocycles. The molecule has 9 heteroatoms. The van der Waals surface area contributed by atoms with Crippen LogP contribution < -0.4 is 0 Å². The molecule has 0 aliphatic heterocycles. The number of hydrogen-bond acceptors (Lipinski definition) is 7. The Labute approximate surface area is 172 Å². The Kier molecular flexibility index (Phi) is 6.11. The number of thiophene rings is 1. The number of amides is 1. The van der Waals surface area contributed by atoms with E-state index in [9.17, 15) is 9.59 Å². The zero-order valence-corrected chi connectivity index (χ0v) is 17.4. The van der Waals surface area contributed by atoms with E-state index >= 15 is 0 Å². The molecule has 0 aliphatic rings. The first kappa shape index (κ1) is 21.1. The molecule has 0 atom stereocenters. The van der Waals surface area contributed by atoms with Crippen LogP contribution in [-0.4, -0.2) is 68.1 Å². The summed E-state index contributed by atoms with van der Waals surface area (Å²) in [6, 6.07) is 3.47. The minimum Gasteiger partial charge on any atom is -0.395 e. The number of Topliss-reactive ketones (excluding diaryl/α,β-unsaturated/α-hetero) is 1. The molecular formula is C20H24N4O4S. The molecule has 8 nitrogen and oxygen atoms in total. The van der Waals surface area contributed by atoms with Crippen molar-refractivity contribution in [1.82, 2.24) is 19.9 Å². The summed E-state index contributed by atoms with van der Waals surface area (Å²) in [5.74, 6) is -0.287. The summed E-state index contributed by atoms with van der Waals surface area (Å²) in [5, 5.41) is 18.3. The number of nitrogens with zero attached hydrogens (tertiary/aromatic N) is 3. The monoisotopic (exact) mass is 416 g/mol. The third-order valence-corrected chi connectivity index (χ3v) is 5.50. The molecule has 3 heterocycles. The van der Waals surface area contributed by atoms with Crippen LogP contribution >= 0.6 is 11.3 Å². The largest absolute Gasteiger partial charge is 0.395 e. The van der Waals surface area contributed by atoms with Gasteiger partial charge in [-0.3, -0.25) is 9.59 Å². The molecule has 0 radical (unpaired) electrons. The van der Waals surface area contributed by atoms with E-state index < -0.39 is 5.41 Å². The summed E-state index contributed by atoms with van der Waals surface area (Å²) < 4.78 is 0. The minimum absolute atomic E-state index is 0.0269. The predicted molar refractivity (Wildman–Crippen MR) is 111 cm³/mol. The maximum atomic E-state index is 12.7. The number of aromatic nitrogens is 3. The maximum absolute atomic E-state index is 12.7. The third-order valence-electron chi connectivity index (χ3n) is 4.40. The number of rotatable bonds is 7. The molecule has 3 aromatic rings. The summed E-state index contributed by atoms with van der Waals surface area (Å²) >= 11 is 1.25. The first-order valence-electron chi connectivity index (χ1n) is 9.26. The van der Waals surface area contributed by atoms with Crippen molar-refractivity contribution in [3.63, 3.8) is 0 Å². The van der Waals surface area contributed by atoms with Crippen molar-refractivity contribution in [2.75, 3.05) is 26.3 Å². The molecule has 0 saturated heterocycles. The first-order valence-corrected chi connectivity index (χ1v) is 10.1. The van der Waals surface area contributed by atoms with Crippen LogP contribution in [0.1, 0.15) is 40.8 Å². The van der Waals surface area contributed by atoms with Crippen molar-refractivity contribution in [2.45, 2.75) is 20.8 Å². The highest BCUT2D eigenvalue weighted by Gasteiger charge is 2.26. The van der Waals surface area contributed by atoms with Gasteiger partial charge in [-0.1, -0.05) is 20.8 Å². The number of hydrogen-bond donors (Lipinski definition) is 3. The van der Waals surface area contributed by atoms with E-state index in [1.807, 2.05) is 20.8 Å². The average molecular weight is 417 g/mol. The molecule has 0 saturated carbocycles. The van der Waals surface area contributed by atoms with E-state index in [0.29, 0.717) is 27.3 Å². The number of fused-ring (bicyclic) bond motifs is 1. The van der Waals surface area contributed by atoms with Gasteiger partial charge in [0, 0.05) is 24.7 Å². The quantitative estimate of drug-likeness (QED) is 0.509. The number of aromatic amines is 1. The molecule has 3 rings (SSSR count). The number of carbonyl (C=O) groups excluding carboxylic acids is 2. The molecule has 0 aromatic carbocycles. The fraction of sp³-hybridized carbons (Fsp3) is 0.400. The minimum atomic E-state index is -0.543. The zero-order valence-electron chi connectivity index (χ0n) is 16.6. The van der Waals surface area contributed by atoms with E-state index in [2.05, 4.69) is 15.0 Å². The van der Waals surface area contributed by atoms with Crippen LogP contribution in [-0.2, 0) is 0 Å². The third kappa shape index (κ3) is 4.36. The van der Waals surface area contributed by atoms with E-state index in [1.165, 1.54) is 16.2 Å². The fourth-order valence-corrected chi connectivity index (χ4v) is 3.82. The van der Waals surface area contributed by atoms with Crippen LogP contribution in [0.25, 0.3) is 21.7 Å². The number of aliphatic hydroxyl groups is 2. The zero-order chi connectivity index (χ0) is 21.2. The van der Waals surface area contributed by atoms with E-state index in [0.717, 1.165) is 4.88 Å². The highest BCUT2D eigenvalue weighted by Crippen LogP contribution is 2.30. The number of carbonyl (C=O) groups is 2. The van der Waals surface area contributed by atoms with Crippen LogP contribution in [0.15, 0.2) is 24.5 Å². The molecule has 1 amide bonds. The summed E-state index contributed by atoms with van der Waals surface area (Å²) in [6.45, 7) is 5.52. The van der Waals surface area contributed by atoms with Gasteiger partial charge in [0.15, 0.2) is 11.4 Å². The molecule has 0 fully saturated rings. The van der Waals surface area contributed by atoms with Crippen molar-refractivity contribution in [3.8, 4) is 10.6 Å². The van der Waals surface area contributed by atoms with Crippen LogP contribution in [0.3, 0.4) is 0 Å². The summed E-state index contributed by atoms with van der Waals surface area (Å²) in [4.78, 5) is 39.9. The van der Waals surface area contributed by atoms with Crippen molar-refractivity contribution < 1.29 is 19.8 Å². The van der Waals surface area contributed by atoms with E-state index in [1.54, 1.807) is 24.5 Å². The van der Waals surface area contributed by atoms with Gasteiger partial charge in [-0.15, -0.1) is 11.3 Å². The molecule has 0 spiro atoms. The Balaban J connectivity index is 1.94. The maximum Gasteiger partial charge on any atom is 0.264 e.